The molecule has 0 fully saturated rings. The summed E-state index contributed by atoms with van der Waals surface area (Å²) in [6, 6.07) is 0. The van der Waals surface area contributed by atoms with Crippen LogP contribution in [-0.4, -0.2) is 15.3 Å². The van der Waals surface area contributed by atoms with Gasteiger partial charge in [-0.3, -0.25) is 0 Å². The molecule has 1 aromatic rings. The number of hydrogen-bond acceptors (Lipinski definition) is 2. The van der Waals surface area contributed by atoms with Crippen LogP contribution in [0.2, 0.25) is 5.28 Å². The Morgan fingerprint density at radius 2 is 2.08 bits per heavy atom. The van der Waals surface area contributed by atoms with E-state index in [1.807, 2.05) is 0 Å². The van der Waals surface area contributed by atoms with Crippen LogP contribution in [0, 0.1) is 11.8 Å². The van der Waals surface area contributed by atoms with E-state index in [9.17, 15) is 0 Å². The smallest absolute Gasteiger partial charge is 0.222 e. The molecule has 0 saturated carbocycles. The minimum Gasteiger partial charge on any atom is -0.225 e. The summed E-state index contributed by atoms with van der Waals surface area (Å²) >= 11 is 8.77. The van der Waals surface area contributed by atoms with E-state index in [-0.39, 0.29) is 5.28 Å². The fourth-order valence-corrected chi connectivity index (χ4v) is 0.884. The van der Waals surface area contributed by atoms with E-state index in [4.69, 9.17) is 11.6 Å². The zero-order valence-corrected chi connectivity index (χ0v) is 8.56. The lowest BCUT2D eigenvalue weighted by Gasteiger charge is -1.87. The summed E-state index contributed by atoms with van der Waals surface area (Å²) in [6.45, 7) is 0. The first-order valence-electron chi connectivity index (χ1n) is 3.35. The molecule has 0 aliphatic rings. The molecular formula is C8H6BrClN2. The highest BCUT2D eigenvalue weighted by molar-refractivity contribution is 9.09. The van der Waals surface area contributed by atoms with Crippen molar-refractivity contribution < 1.29 is 0 Å². The molecule has 1 aromatic heterocycles. The molecule has 0 aromatic carbocycles. The maximum atomic E-state index is 5.50. The van der Waals surface area contributed by atoms with Crippen LogP contribution in [0.3, 0.4) is 0 Å². The predicted molar refractivity (Wildman–Crippen MR) is 52.3 cm³/mol. The molecule has 0 unspecified atom stereocenters. The van der Waals surface area contributed by atoms with Gasteiger partial charge in [0.25, 0.3) is 0 Å². The molecule has 4 heteroatoms. The molecular weight excluding hydrogens is 239 g/mol. The second-order valence-corrected chi connectivity index (χ2v) is 3.11. The Hall–Kier alpha value is -0.590. The Morgan fingerprint density at radius 1 is 1.42 bits per heavy atom. The second kappa shape index (κ2) is 5.13. The Kier molecular flexibility index (Phi) is 4.06. The zero-order chi connectivity index (χ0) is 8.81. The van der Waals surface area contributed by atoms with Crippen LogP contribution in [0.1, 0.15) is 12.0 Å². The normalized spacial score (nSPS) is 8.83. The molecule has 0 N–H and O–H groups in total. The predicted octanol–water partition coefficient (Wildman–Crippen LogP) is 2.27. The number of rotatable bonds is 1. The second-order valence-electron chi connectivity index (χ2n) is 1.98. The lowest BCUT2D eigenvalue weighted by atomic mass is 10.3. The van der Waals surface area contributed by atoms with Gasteiger partial charge in [0, 0.05) is 24.1 Å². The maximum Gasteiger partial charge on any atom is 0.222 e. The summed E-state index contributed by atoms with van der Waals surface area (Å²) in [5.41, 5.74) is 0.792. The monoisotopic (exact) mass is 244 g/mol. The third kappa shape index (κ3) is 3.21. The molecule has 0 aliphatic carbocycles. The highest BCUT2D eigenvalue weighted by Gasteiger charge is 1.88. The van der Waals surface area contributed by atoms with Crippen LogP contribution >= 0.6 is 27.5 Å². The Balaban J connectivity index is 2.66. The van der Waals surface area contributed by atoms with Crippen molar-refractivity contribution in [3.63, 3.8) is 0 Å². The van der Waals surface area contributed by atoms with Gasteiger partial charge in [-0.05, 0) is 11.6 Å². The van der Waals surface area contributed by atoms with Crippen LogP contribution in [-0.2, 0) is 0 Å². The maximum absolute atomic E-state index is 5.50. The number of halogens is 2. The van der Waals surface area contributed by atoms with Gasteiger partial charge in [0.15, 0.2) is 0 Å². The SMILES string of the molecule is Clc1ncc(C#CCCBr)cn1. The highest BCUT2D eigenvalue weighted by Crippen LogP contribution is 1.98. The van der Waals surface area contributed by atoms with Crippen molar-refractivity contribution >= 4 is 27.5 Å². The summed E-state index contributed by atoms with van der Waals surface area (Å²) in [4.78, 5) is 7.60. The molecule has 0 aliphatic heterocycles. The number of hydrogen-bond donors (Lipinski definition) is 0. The highest BCUT2D eigenvalue weighted by atomic mass is 79.9. The summed E-state index contributed by atoms with van der Waals surface area (Å²) in [5, 5.41) is 1.13. The summed E-state index contributed by atoms with van der Waals surface area (Å²) < 4.78 is 0. The quantitative estimate of drug-likeness (QED) is 0.431. The molecule has 12 heavy (non-hydrogen) atoms. The lowest BCUT2D eigenvalue weighted by Crippen LogP contribution is -1.82. The van der Waals surface area contributed by atoms with Crippen LogP contribution in [0.25, 0.3) is 0 Å². The first-order valence-corrected chi connectivity index (χ1v) is 4.85. The molecule has 62 valence electrons. The van der Waals surface area contributed by atoms with Crippen molar-refractivity contribution in [1.29, 1.82) is 0 Å². The first kappa shape index (κ1) is 9.50. The van der Waals surface area contributed by atoms with Gasteiger partial charge in [-0.25, -0.2) is 9.97 Å². The average Bonchev–Trinajstić information content (AvgIpc) is 2.09. The summed E-state index contributed by atoms with van der Waals surface area (Å²) in [5.74, 6) is 5.86. The van der Waals surface area contributed by atoms with Gasteiger partial charge in [-0.1, -0.05) is 27.8 Å². The fraction of sp³-hybridized carbons (Fsp3) is 0.250. The fourth-order valence-electron chi connectivity index (χ4n) is 0.589. The van der Waals surface area contributed by atoms with Gasteiger partial charge in [0.1, 0.15) is 0 Å². The van der Waals surface area contributed by atoms with Crippen LogP contribution in [0.4, 0.5) is 0 Å². The van der Waals surface area contributed by atoms with Crippen LogP contribution in [0.15, 0.2) is 12.4 Å². The summed E-state index contributed by atoms with van der Waals surface area (Å²) in [7, 11) is 0. The van der Waals surface area contributed by atoms with Crippen molar-refractivity contribution in [2.45, 2.75) is 6.42 Å². The van der Waals surface area contributed by atoms with Gasteiger partial charge in [0.2, 0.25) is 5.28 Å². The zero-order valence-electron chi connectivity index (χ0n) is 6.22. The minimum absolute atomic E-state index is 0.251. The van der Waals surface area contributed by atoms with E-state index in [0.717, 1.165) is 17.3 Å². The van der Waals surface area contributed by atoms with E-state index in [1.165, 1.54) is 0 Å². The Bertz CT molecular complexity index is 299. The summed E-state index contributed by atoms with van der Waals surface area (Å²) in [6.07, 6.45) is 4.04. The number of alkyl halides is 1. The third-order valence-corrected chi connectivity index (χ3v) is 1.66. The number of nitrogens with zero attached hydrogens (tertiary/aromatic N) is 2. The average molecular weight is 246 g/mol. The largest absolute Gasteiger partial charge is 0.225 e. The van der Waals surface area contributed by atoms with E-state index < -0.39 is 0 Å². The van der Waals surface area contributed by atoms with Gasteiger partial charge in [-0.15, -0.1) is 0 Å². The van der Waals surface area contributed by atoms with Crippen molar-refractivity contribution in [2.75, 3.05) is 5.33 Å². The van der Waals surface area contributed by atoms with Crippen molar-refractivity contribution in [3.8, 4) is 11.8 Å². The lowest BCUT2D eigenvalue weighted by molar-refractivity contribution is 1.16. The van der Waals surface area contributed by atoms with Crippen LogP contribution in [0.5, 0.6) is 0 Å². The van der Waals surface area contributed by atoms with E-state index >= 15 is 0 Å². The molecule has 0 saturated heterocycles. The topological polar surface area (TPSA) is 25.8 Å². The Morgan fingerprint density at radius 3 is 2.67 bits per heavy atom. The van der Waals surface area contributed by atoms with E-state index in [2.05, 4.69) is 37.7 Å². The third-order valence-electron chi connectivity index (χ3n) is 1.07. The van der Waals surface area contributed by atoms with E-state index in [0.29, 0.717) is 0 Å². The van der Waals surface area contributed by atoms with E-state index in [1.54, 1.807) is 12.4 Å². The van der Waals surface area contributed by atoms with Crippen molar-refractivity contribution in [1.82, 2.24) is 9.97 Å². The molecule has 0 spiro atoms. The molecule has 0 atom stereocenters. The standard InChI is InChI=1S/C8H6BrClN2/c9-4-2-1-3-7-5-11-8(10)12-6-7/h5-6H,2,4H2. The first-order chi connectivity index (χ1) is 5.83. The molecule has 1 rings (SSSR count). The van der Waals surface area contributed by atoms with Gasteiger partial charge in [0.05, 0.1) is 5.56 Å². The molecule has 2 nitrogen and oxygen atoms in total. The number of aromatic nitrogens is 2. The Labute approximate surface area is 84.5 Å². The minimum atomic E-state index is 0.251. The molecule has 1 heterocycles. The molecule has 0 bridgehead atoms. The molecule has 0 radical (unpaired) electrons. The van der Waals surface area contributed by atoms with Crippen molar-refractivity contribution in [2.24, 2.45) is 0 Å². The van der Waals surface area contributed by atoms with Crippen molar-refractivity contribution in [3.05, 3.63) is 23.2 Å². The van der Waals surface area contributed by atoms with Crippen LogP contribution < -0.4 is 0 Å². The van der Waals surface area contributed by atoms with Gasteiger partial charge in [-0.2, -0.15) is 0 Å². The molecule has 0 amide bonds. The van der Waals surface area contributed by atoms with Gasteiger partial charge < -0.3 is 0 Å². The van der Waals surface area contributed by atoms with Gasteiger partial charge >= 0.3 is 0 Å².